The van der Waals surface area contributed by atoms with Gasteiger partial charge in [0, 0.05) is 30.7 Å². The van der Waals surface area contributed by atoms with Crippen LogP contribution in [0.5, 0.6) is 5.75 Å². The molecule has 3 heterocycles. The van der Waals surface area contributed by atoms with E-state index in [9.17, 15) is 13.5 Å². The van der Waals surface area contributed by atoms with Crippen LogP contribution in [0.1, 0.15) is 31.9 Å². The van der Waals surface area contributed by atoms with E-state index in [-0.39, 0.29) is 11.5 Å². The number of aromatic nitrogens is 3. The molecule has 10 nitrogen and oxygen atoms in total. The van der Waals surface area contributed by atoms with Crippen LogP contribution in [0, 0.1) is 0 Å². The molecule has 0 radical (unpaired) electrons. The number of β-amino-alcohol motifs (C(OH)–C–C–N with tert-alkyl or cyclic N) is 1. The minimum atomic E-state index is -3.69. The summed E-state index contributed by atoms with van der Waals surface area (Å²) in [6.07, 6.45) is 3.49. The zero-order valence-electron chi connectivity index (χ0n) is 23.3. The maximum absolute atomic E-state index is 12.9. The van der Waals surface area contributed by atoms with E-state index < -0.39 is 15.6 Å². The number of fused-ring (bicyclic) bond motifs is 2. The molecular formula is C29H36N6O4S. The lowest BCUT2D eigenvalue weighted by atomic mass is 10.0. The van der Waals surface area contributed by atoms with Crippen molar-refractivity contribution >= 4 is 27.2 Å². The van der Waals surface area contributed by atoms with Crippen molar-refractivity contribution in [2.24, 2.45) is 0 Å². The van der Waals surface area contributed by atoms with Gasteiger partial charge >= 0.3 is 0 Å². The number of methoxy groups -OCH3 is 1. The van der Waals surface area contributed by atoms with Gasteiger partial charge in [-0.25, -0.2) is 22.6 Å². The first-order valence-electron chi connectivity index (χ1n) is 13.4. The number of benzene rings is 2. The lowest BCUT2D eigenvalue weighted by Gasteiger charge is -2.20. The summed E-state index contributed by atoms with van der Waals surface area (Å²) < 4.78 is 36.1. The fourth-order valence-corrected chi connectivity index (χ4v) is 6.48. The van der Waals surface area contributed by atoms with Crippen LogP contribution in [0.15, 0.2) is 59.6 Å². The average molecular weight is 565 g/mol. The van der Waals surface area contributed by atoms with Crippen molar-refractivity contribution in [1.82, 2.24) is 24.2 Å². The molecule has 4 aromatic rings. The fraction of sp³-hybridized carbons (Fsp3) is 0.379. The molecule has 0 atom stereocenters. The number of aliphatic hydroxyl groups is 1. The fourth-order valence-electron chi connectivity index (χ4n) is 5.02. The maximum Gasteiger partial charge on any atom is 0.245 e. The Balaban J connectivity index is 1.46. The molecule has 3 N–H and O–H groups in total. The smallest absolute Gasteiger partial charge is 0.245 e. The Morgan fingerprint density at radius 1 is 1.05 bits per heavy atom. The Hall–Kier alpha value is -3.51. The van der Waals surface area contributed by atoms with Gasteiger partial charge < -0.3 is 20.1 Å². The van der Waals surface area contributed by atoms with Gasteiger partial charge in [-0.05, 0) is 81.1 Å². The number of nitrogens with one attached hydrogen (secondary N) is 2. The Morgan fingerprint density at radius 3 is 2.50 bits per heavy atom. The van der Waals surface area contributed by atoms with E-state index in [1.807, 2.05) is 39.0 Å². The molecule has 0 fully saturated rings. The van der Waals surface area contributed by atoms with Gasteiger partial charge in [-0.2, -0.15) is 0 Å². The van der Waals surface area contributed by atoms with E-state index in [0.717, 1.165) is 48.4 Å². The largest absolute Gasteiger partial charge is 0.495 e. The molecular weight excluding hydrogens is 528 g/mol. The third-order valence-electron chi connectivity index (χ3n) is 6.86. The van der Waals surface area contributed by atoms with Crippen molar-refractivity contribution in [1.29, 1.82) is 0 Å². The van der Waals surface area contributed by atoms with E-state index in [2.05, 4.69) is 32.1 Å². The maximum atomic E-state index is 12.9. The Kier molecular flexibility index (Phi) is 7.83. The number of anilines is 2. The molecule has 2 aromatic carbocycles. The summed E-state index contributed by atoms with van der Waals surface area (Å²) in [4.78, 5) is 6.97. The van der Waals surface area contributed by atoms with Crippen LogP contribution in [0.4, 0.5) is 11.6 Å². The Morgan fingerprint density at radius 2 is 1.80 bits per heavy atom. The molecule has 2 aromatic heterocycles. The van der Waals surface area contributed by atoms with Gasteiger partial charge in [0.2, 0.25) is 16.0 Å². The monoisotopic (exact) mass is 564 g/mol. The van der Waals surface area contributed by atoms with E-state index in [0.29, 0.717) is 18.2 Å². The van der Waals surface area contributed by atoms with Gasteiger partial charge in [0.25, 0.3) is 0 Å². The third kappa shape index (κ3) is 6.12. The van der Waals surface area contributed by atoms with E-state index in [1.54, 1.807) is 36.0 Å². The number of hydrogen-bond donors (Lipinski definition) is 3. The first-order chi connectivity index (χ1) is 19.1. The van der Waals surface area contributed by atoms with Crippen LogP contribution in [-0.4, -0.2) is 71.9 Å². The number of ether oxygens (including phenoxy) is 1. The molecule has 11 heteroatoms. The predicted molar refractivity (Wildman–Crippen MR) is 156 cm³/mol. The topological polar surface area (TPSA) is 121 Å². The second kappa shape index (κ2) is 11.2. The van der Waals surface area contributed by atoms with Crippen LogP contribution in [0.2, 0.25) is 0 Å². The SMILES string of the molecule is COc1cc2c(cc1Nc1ncc3ccc(-c4cccc(S(=O)(=O)NC(C)(C)C)c4)n3n1)CCN(CCO)CC2. The zero-order chi connectivity index (χ0) is 28.5. The highest BCUT2D eigenvalue weighted by molar-refractivity contribution is 7.89. The van der Waals surface area contributed by atoms with Gasteiger partial charge in [-0.1, -0.05) is 12.1 Å². The van der Waals surface area contributed by atoms with Crippen LogP contribution in [-0.2, 0) is 22.9 Å². The summed E-state index contributed by atoms with van der Waals surface area (Å²) in [5.41, 5.74) is 4.88. The molecule has 0 saturated carbocycles. The molecule has 1 aliphatic rings. The van der Waals surface area contributed by atoms with E-state index in [4.69, 9.17) is 9.84 Å². The molecule has 212 valence electrons. The van der Waals surface area contributed by atoms with Gasteiger partial charge in [0.05, 0.1) is 41.7 Å². The molecule has 5 rings (SSSR count). The van der Waals surface area contributed by atoms with Crippen molar-refractivity contribution in [3.8, 4) is 17.0 Å². The molecule has 40 heavy (non-hydrogen) atoms. The highest BCUT2D eigenvalue weighted by Crippen LogP contribution is 2.32. The normalized spacial score (nSPS) is 14.6. The van der Waals surface area contributed by atoms with Crippen LogP contribution in [0.25, 0.3) is 16.8 Å². The summed E-state index contributed by atoms with van der Waals surface area (Å²) in [5.74, 6) is 1.09. The summed E-state index contributed by atoms with van der Waals surface area (Å²) >= 11 is 0. The summed E-state index contributed by atoms with van der Waals surface area (Å²) in [6.45, 7) is 8.04. The molecule has 0 aliphatic carbocycles. The number of hydrogen-bond acceptors (Lipinski definition) is 8. The van der Waals surface area contributed by atoms with Gasteiger partial charge in [-0.15, -0.1) is 5.10 Å². The molecule has 0 saturated heterocycles. The van der Waals surface area contributed by atoms with Crippen LogP contribution in [0.3, 0.4) is 0 Å². The molecule has 0 unspecified atom stereocenters. The minimum absolute atomic E-state index is 0.154. The number of nitrogens with zero attached hydrogens (tertiary/aromatic N) is 4. The molecule has 0 spiro atoms. The number of aliphatic hydroxyl groups excluding tert-OH is 1. The van der Waals surface area contributed by atoms with Crippen LogP contribution >= 0.6 is 0 Å². The molecule has 0 amide bonds. The summed E-state index contributed by atoms with van der Waals surface area (Å²) in [5, 5.41) is 17.4. The molecule has 1 aliphatic heterocycles. The lowest BCUT2D eigenvalue weighted by Crippen LogP contribution is -2.40. The van der Waals surface area contributed by atoms with E-state index >= 15 is 0 Å². The highest BCUT2D eigenvalue weighted by Gasteiger charge is 2.23. The van der Waals surface area contributed by atoms with Gasteiger partial charge in [0.15, 0.2) is 0 Å². The second-order valence-electron chi connectivity index (χ2n) is 11.0. The quantitative estimate of drug-likeness (QED) is 0.297. The van der Waals surface area contributed by atoms with Crippen molar-refractivity contribution < 1.29 is 18.3 Å². The Bertz CT molecular complexity index is 1630. The minimum Gasteiger partial charge on any atom is -0.495 e. The average Bonchev–Trinajstić information content (AvgIpc) is 3.22. The molecule has 0 bridgehead atoms. The zero-order valence-corrected chi connectivity index (χ0v) is 24.1. The van der Waals surface area contributed by atoms with Crippen molar-refractivity contribution in [2.75, 3.05) is 38.7 Å². The van der Waals surface area contributed by atoms with Crippen molar-refractivity contribution in [3.05, 3.63) is 65.9 Å². The predicted octanol–water partition coefficient (Wildman–Crippen LogP) is 3.62. The van der Waals surface area contributed by atoms with E-state index in [1.165, 1.54) is 11.1 Å². The van der Waals surface area contributed by atoms with Crippen molar-refractivity contribution in [2.45, 2.75) is 44.0 Å². The second-order valence-corrected chi connectivity index (χ2v) is 12.7. The first-order valence-corrected chi connectivity index (χ1v) is 14.8. The first kappa shape index (κ1) is 28.0. The lowest BCUT2D eigenvalue weighted by molar-refractivity contribution is 0.201. The van der Waals surface area contributed by atoms with Crippen molar-refractivity contribution in [3.63, 3.8) is 0 Å². The standard InChI is InChI=1S/C29H36N6O4S/c1-29(2,3)33-40(37,38)24-7-5-6-22(16-24)26-9-8-23-19-30-28(32-35(23)26)31-25-17-20-10-12-34(14-15-36)13-11-21(20)18-27(25)39-4/h5-9,16-19,33,36H,10-15H2,1-4H3,(H,31,32). The third-order valence-corrected chi connectivity index (χ3v) is 8.61. The van der Waals surface area contributed by atoms with Gasteiger partial charge in [0.1, 0.15) is 5.75 Å². The van der Waals surface area contributed by atoms with Crippen LogP contribution < -0.4 is 14.8 Å². The highest BCUT2D eigenvalue weighted by atomic mass is 32.2. The Labute approximate surface area is 235 Å². The summed E-state index contributed by atoms with van der Waals surface area (Å²) in [7, 11) is -2.05. The van der Waals surface area contributed by atoms with Gasteiger partial charge in [-0.3, -0.25) is 0 Å². The summed E-state index contributed by atoms with van der Waals surface area (Å²) in [6, 6.07) is 14.8. The number of rotatable bonds is 8. The number of sulfonamides is 1.